The van der Waals surface area contributed by atoms with Crippen molar-refractivity contribution in [1.29, 1.82) is 5.41 Å². The largest absolute Gasteiger partial charge is 0.510 e. The predicted octanol–water partition coefficient (Wildman–Crippen LogP) is 0.430. The Bertz CT molecular complexity index is 774. The van der Waals surface area contributed by atoms with Crippen LogP contribution in [0.5, 0.6) is 0 Å². The number of amidine groups is 1. The molecule has 1 aromatic carbocycles. The summed E-state index contributed by atoms with van der Waals surface area (Å²) >= 11 is 0. The van der Waals surface area contributed by atoms with Crippen LogP contribution >= 0.6 is 0 Å². The van der Waals surface area contributed by atoms with Crippen LogP contribution in [0.1, 0.15) is 12.2 Å². The molecule has 0 saturated carbocycles. The first-order valence-electron chi connectivity index (χ1n) is 8.85. The predicted molar refractivity (Wildman–Crippen MR) is 95.9 cm³/mol. The van der Waals surface area contributed by atoms with E-state index >= 15 is 0 Å². The Kier molecular flexibility index (Phi) is 4.42. The number of nitrogens with zero attached hydrogens (tertiary/aromatic N) is 2. The number of quaternary nitrogens is 1. The van der Waals surface area contributed by atoms with Crippen LogP contribution < -0.4 is 4.90 Å². The van der Waals surface area contributed by atoms with Gasteiger partial charge in [0.2, 0.25) is 0 Å². The van der Waals surface area contributed by atoms with E-state index in [4.69, 9.17) is 10.1 Å². The fourth-order valence-electron chi connectivity index (χ4n) is 3.57. The Balaban J connectivity index is 1.40. The Labute approximate surface area is 146 Å². The number of aromatic nitrogens is 2. The summed E-state index contributed by atoms with van der Waals surface area (Å²) in [6, 6.07) is 7.75. The van der Waals surface area contributed by atoms with Gasteiger partial charge in [-0.1, -0.05) is 12.1 Å². The van der Waals surface area contributed by atoms with Crippen molar-refractivity contribution in [2.45, 2.75) is 6.42 Å². The second-order valence-corrected chi connectivity index (χ2v) is 6.66. The molecule has 0 radical (unpaired) electrons. The topological polar surface area (TPSA) is 89.7 Å². The number of nitrogens with one attached hydrogen (secondary N) is 3. The first-order valence-corrected chi connectivity index (χ1v) is 8.85. The number of morpholine rings is 1. The molecule has 1 saturated heterocycles. The van der Waals surface area contributed by atoms with Gasteiger partial charge in [0.05, 0.1) is 42.9 Å². The van der Waals surface area contributed by atoms with Gasteiger partial charge >= 0.3 is 0 Å². The lowest BCUT2D eigenvalue weighted by Gasteiger charge is -2.25. The number of fused-ring (bicyclic) bond motifs is 1. The highest BCUT2D eigenvalue weighted by molar-refractivity contribution is 6.23. The molecule has 0 amide bonds. The van der Waals surface area contributed by atoms with Gasteiger partial charge in [-0.25, -0.2) is 4.98 Å². The average molecular weight is 342 g/mol. The Morgan fingerprint density at radius 1 is 1.28 bits per heavy atom. The molecule has 0 atom stereocenters. The van der Waals surface area contributed by atoms with Crippen LogP contribution in [0.4, 0.5) is 0 Å². The molecule has 0 bridgehead atoms. The summed E-state index contributed by atoms with van der Waals surface area (Å²) in [7, 11) is 0. The Morgan fingerprint density at radius 2 is 2.08 bits per heavy atom. The van der Waals surface area contributed by atoms with Gasteiger partial charge in [-0.3, -0.25) is 5.41 Å². The van der Waals surface area contributed by atoms with Gasteiger partial charge in [-0.2, -0.15) is 0 Å². The van der Waals surface area contributed by atoms with Crippen LogP contribution in [0.2, 0.25) is 0 Å². The summed E-state index contributed by atoms with van der Waals surface area (Å²) in [4.78, 5) is 11.2. The molecule has 0 aliphatic carbocycles. The fourth-order valence-corrected chi connectivity index (χ4v) is 3.57. The maximum absolute atomic E-state index is 10.4. The first-order chi connectivity index (χ1) is 12.2. The zero-order valence-electron chi connectivity index (χ0n) is 14.2. The lowest BCUT2D eigenvalue weighted by atomic mass is 10.2. The van der Waals surface area contributed by atoms with Crippen LogP contribution in [-0.2, 0) is 4.74 Å². The highest BCUT2D eigenvalue weighted by Gasteiger charge is 2.30. The third-order valence-corrected chi connectivity index (χ3v) is 4.97. The minimum absolute atomic E-state index is 0.225. The van der Waals surface area contributed by atoms with Crippen molar-refractivity contribution < 1.29 is 14.7 Å². The highest BCUT2D eigenvalue weighted by Crippen LogP contribution is 2.26. The van der Waals surface area contributed by atoms with Crippen molar-refractivity contribution >= 4 is 22.4 Å². The molecule has 132 valence electrons. The number of H-pyrrole nitrogens is 1. The van der Waals surface area contributed by atoms with Crippen molar-refractivity contribution in [2.24, 2.45) is 0 Å². The molecule has 2 aliphatic rings. The molecule has 0 unspecified atom stereocenters. The molecule has 1 aromatic heterocycles. The number of aromatic amines is 1. The Morgan fingerprint density at radius 3 is 2.88 bits per heavy atom. The number of para-hydroxylation sites is 2. The molecule has 4 rings (SSSR count). The number of hydrogen-bond acceptors (Lipinski definition) is 4. The zero-order chi connectivity index (χ0) is 17.2. The molecule has 7 nitrogen and oxygen atoms in total. The van der Waals surface area contributed by atoms with E-state index in [9.17, 15) is 5.11 Å². The summed E-state index contributed by atoms with van der Waals surface area (Å²) in [5, 5.41) is 18.8. The zero-order valence-corrected chi connectivity index (χ0v) is 14.2. The molecule has 0 spiro atoms. The monoisotopic (exact) mass is 342 g/mol. The van der Waals surface area contributed by atoms with Gasteiger partial charge < -0.3 is 24.6 Å². The van der Waals surface area contributed by atoms with Crippen molar-refractivity contribution in [3.05, 3.63) is 35.8 Å². The lowest BCUT2D eigenvalue weighted by molar-refractivity contribution is -0.908. The third kappa shape index (κ3) is 3.25. The van der Waals surface area contributed by atoms with Crippen molar-refractivity contribution in [3.63, 3.8) is 0 Å². The summed E-state index contributed by atoms with van der Waals surface area (Å²) in [5.41, 5.74) is 2.29. The van der Waals surface area contributed by atoms with Crippen LogP contribution in [0.3, 0.4) is 0 Å². The second-order valence-electron chi connectivity index (χ2n) is 6.66. The molecule has 7 heteroatoms. The number of aliphatic hydroxyl groups excluding tert-OH is 1. The van der Waals surface area contributed by atoms with E-state index in [0.717, 1.165) is 56.8 Å². The number of imidazole rings is 1. The van der Waals surface area contributed by atoms with E-state index in [1.54, 1.807) is 4.90 Å². The van der Waals surface area contributed by atoms with E-state index in [1.165, 1.54) is 0 Å². The SMILES string of the molecule is N=C1C(c2nc3ccccc3[nH]2)=C(O)CN1CCC[NH+]1CCOCC1. The smallest absolute Gasteiger partial charge is 0.145 e. The second kappa shape index (κ2) is 6.85. The number of ether oxygens (including phenoxy) is 1. The molecule has 2 aromatic rings. The maximum Gasteiger partial charge on any atom is 0.145 e. The summed E-state index contributed by atoms with van der Waals surface area (Å²) in [6.07, 6.45) is 0.998. The lowest BCUT2D eigenvalue weighted by Crippen LogP contribution is -3.14. The van der Waals surface area contributed by atoms with E-state index in [0.29, 0.717) is 23.8 Å². The van der Waals surface area contributed by atoms with Crippen molar-refractivity contribution in [1.82, 2.24) is 14.9 Å². The van der Waals surface area contributed by atoms with Gasteiger partial charge in [0.25, 0.3) is 0 Å². The molecule has 3 heterocycles. The normalized spacial score (nSPS) is 19.4. The molecule has 4 N–H and O–H groups in total. The number of benzene rings is 1. The van der Waals surface area contributed by atoms with E-state index in [-0.39, 0.29) is 5.76 Å². The molecular weight excluding hydrogens is 318 g/mol. The minimum atomic E-state index is 0.225. The van der Waals surface area contributed by atoms with Gasteiger partial charge in [0.15, 0.2) is 0 Å². The van der Waals surface area contributed by atoms with Gasteiger partial charge in [0.1, 0.15) is 30.5 Å². The number of rotatable bonds is 5. The quantitative estimate of drug-likeness (QED) is 0.634. The molecule has 1 fully saturated rings. The summed E-state index contributed by atoms with van der Waals surface area (Å²) in [5.74, 6) is 1.15. The highest BCUT2D eigenvalue weighted by atomic mass is 16.5. The van der Waals surface area contributed by atoms with E-state index in [2.05, 4.69) is 9.97 Å². The molecule has 25 heavy (non-hydrogen) atoms. The van der Waals surface area contributed by atoms with Crippen LogP contribution in [0, 0.1) is 5.41 Å². The van der Waals surface area contributed by atoms with Crippen LogP contribution in [0.25, 0.3) is 16.6 Å². The van der Waals surface area contributed by atoms with Crippen LogP contribution in [-0.4, -0.2) is 71.7 Å². The first kappa shape index (κ1) is 16.1. The standard InChI is InChI=1S/C18H23N5O2/c19-17-16(18-20-13-4-1-2-5-14(13)21-18)15(24)12-23(17)7-3-6-22-8-10-25-11-9-22/h1-2,4-5,19,24H,3,6-12H2,(H,20,21)/p+1. The molecular formula is C18H24N5O2+. The van der Waals surface area contributed by atoms with E-state index in [1.807, 2.05) is 29.2 Å². The van der Waals surface area contributed by atoms with Gasteiger partial charge in [0, 0.05) is 13.0 Å². The van der Waals surface area contributed by atoms with Crippen molar-refractivity contribution in [2.75, 3.05) is 45.9 Å². The summed E-state index contributed by atoms with van der Waals surface area (Å²) < 4.78 is 5.38. The minimum Gasteiger partial charge on any atom is -0.510 e. The van der Waals surface area contributed by atoms with Gasteiger partial charge in [-0.15, -0.1) is 0 Å². The third-order valence-electron chi connectivity index (χ3n) is 4.97. The fraction of sp³-hybridized carbons (Fsp3) is 0.444. The van der Waals surface area contributed by atoms with Crippen molar-refractivity contribution in [3.8, 4) is 0 Å². The maximum atomic E-state index is 10.4. The van der Waals surface area contributed by atoms with Crippen LogP contribution in [0.15, 0.2) is 30.0 Å². The van der Waals surface area contributed by atoms with Gasteiger partial charge in [-0.05, 0) is 12.1 Å². The molecule has 2 aliphatic heterocycles. The number of hydrogen-bond donors (Lipinski definition) is 4. The van der Waals surface area contributed by atoms with E-state index < -0.39 is 0 Å². The Hall–Kier alpha value is -2.38. The number of aliphatic hydroxyl groups is 1. The average Bonchev–Trinajstić information content (AvgIpc) is 3.16. The summed E-state index contributed by atoms with van der Waals surface area (Å²) in [6.45, 7) is 6.05.